The molecule has 0 aromatic carbocycles. The fraction of sp³-hybridized carbons (Fsp3) is 0.455. The summed E-state index contributed by atoms with van der Waals surface area (Å²) in [5, 5.41) is 13.6. The molecule has 0 spiro atoms. The smallest absolute Gasteiger partial charge is 0.305 e. The first kappa shape index (κ1) is 14.0. The second-order valence-electron chi connectivity index (χ2n) is 4.02. The number of hydrogen-bond donors (Lipinski definition) is 2. The average Bonchev–Trinajstić information content (AvgIpc) is 2.62. The van der Waals surface area contributed by atoms with Crippen molar-refractivity contribution in [1.82, 2.24) is 5.32 Å². The highest BCUT2D eigenvalue weighted by atomic mass is 35.5. The number of hydrogen-bond acceptors (Lipinski definition) is 3. The Morgan fingerprint density at radius 2 is 2.18 bits per heavy atom. The van der Waals surface area contributed by atoms with Gasteiger partial charge < -0.3 is 10.4 Å². The molecule has 17 heavy (non-hydrogen) atoms. The zero-order chi connectivity index (χ0) is 13.0. The lowest BCUT2D eigenvalue weighted by molar-refractivity contribution is -0.137. The summed E-state index contributed by atoms with van der Waals surface area (Å²) in [4.78, 5) is 22.9. The van der Waals surface area contributed by atoms with Gasteiger partial charge >= 0.3 is 5.97 Å². The van der Waals surface area contributed by atoms with Crippen LogP contribution in [0.25, 0.3) is 0 Å². The van der Waals surface area contributed by atoms with Gasteiger partial charge in [-0.15, -0.1) is 11.3 Å². The number of halogens is 1. The number of thiophene rings is 1. The third-order valence-electron chi connectivity index (χ3n) is 2.34. The Hall–Kier alpha value is -1.07. The van der Waals surface area contributed by atoms with Crippen molar-refractivity contribution in [3.8, 4) is 0 Å². The van der Waals surface area contributed by atoms with Crippen LogP contribution in [0.2, 0.25) is 5.02 Å². The van der Waals surface area contributed by atoms with Gasteiger partial charge in [-0.05, 0) is 17.4 Å². The monoisotopic (exact) mass is 275 g/mol. The van der Waals surface area contributed by atoms with Gasteiger partial charge in [0.25, 0.3) is 5.91 Å². The fourth-order valence-electron chi connectivity index (χ4n) is 1.33. The van der Waals surface area contributed by atoms with Crippen LogP contribution in [0.1, 0.15) is 29.9 Å². The molecular formula is C11H14ClNO3S. The van der Waals surface area contributed by atoms with E-state index < -0.39 is 12.0 Å². The Bertz CT molecular complexity index is 417. The summed E-state index contributed by atoms with van der Waals surface area (Å²) in [6, 6.07) is 1.25. The number of aliphatic carboxylic acids is 1. The maximum Gasteiger partial charge on any atom is 0.305 e. The molecule has 0 aliphatic carbocycles. The topological polar surface area (TPSA) is 66.4 Å². The number of carbonyl (C=O) groups excluding carboxylic acids is 1. The first-order chi connectivity index (χ1) is 7.91. The van der Waals surface area contributed by atoms with Crippen molar-refractivity contribution in [2.24, 2.45) is 5.92 Å². The molecule has 1 rings (SSSR count). The first-order valence-corrected chi connectivity index (χ1v) is 6.43. The second kappa shape index (κ2) is 6.02. The van der Waals surface area contributed by atoms with E-state index in [9.17, 15) is 9.59 Å². The number of nitrogens with one attached hydrogen (secondary N) is 1. The summed E-state index contributed by atoms with van der Waals surface area (Å²) < 4.78 is 0. The molecule has 94 valence electrons. The van der Waals surface area contributed by atoms with E-state index in [4.69, 9.17) is 16.7 Å². The maximum atomic E-state index is 11.8. The van der Waals surface area contributed by atoms with Gasteiger partial charge in [0.1, 0.15) is 4.88 Å². The van der Waals surface area contributed by atoms with Crippen molar-refractivity contribution in [2.45, 2.75) is 26.3 Å². The van der Waals surface area contributed by atoms with E-state index in [2.05, 4.69) is 5.32 Å². The van der Waals surface area contributed by atoms with Crippen molar-refractivity contribution < 1.29 is 14.7 Å². The molecule has 1 amide bonds. The Kier molecular flexibility index (Phi) is 4.96. The van der Waals surface area contributed by atoms with Crippen molar-refractivity contribution >= 4 is 34.8 Å². The van der Waals surface area contributed by atoms with Crippen LogP contribution in [-0.4, -0.2) is 23.0 Å². The SMILES string of the molecule is CC(C)C(CC(=O)O)NC(=O)c1sccc1Cl. The predicted molar refractivity (Wildman–Crippen MR) is 67.7 cm³/mol. The molecule has 0 saturated carbocycles. The quantitative estimate of drug-likeness (QED) is 0.868. The summed E-state index contributed by atoms with van der Waals surface area (Å²) in [6.07, 6.45) is -0.0909. The fourth-order valence-corrected chi connectivity index (χ4v) is 2.38. The van der Waals surface area contributed by atoms with E-state index in [1.54, 1.807) is 11.4 Å². The molecule has 1 aromatic heterocycles. The minimum atomic E-state index is -0.929. The molecule has 0 aliphatic heterocycles. The van der Waals surface area contributed by atoms with Crippen molar-refractivity contribution in [3.63, 3.8) is 0 Å². The van der Waals surface area contributed by atoms with E-state index in [-0.39, 0.29) is 18.2 Å². The van der Waals surface area contributed by atoms with Gasteiger partial charge in [0, 0.05) is 6.04 Å². The molecule has 4 nitrogen and oxygen atoms in total. The number of rotatable bonds is 5. The third kappa shape index (κ3) is 4.02. The molecule has 6 heteroatoms. The molecule has 0 saturated heterocycles. The van der Waals surface area contributed by atoms with Crippen LogP contribution >= 0.6 is 22.9 Å². The predicted octanol–water partition coefficient (Wildman–Crippen LogP) is 2.63. The van der Waals surface area contributed by atoms with E-state index >= 15 is 0 Å². The maximum absolute atomic E-state index is 11.8. The van der Waals surface area contributed by atoms with Gasteiger partial charge in [-0.1, -0.05) is 25.4 Å². The molecule has 0 fully saturated rings. The van der Waals surface area contributed by atoms with E-state index in [1.807, 2.05) is 13.8 Å². The lowest BCUT2D eigenvalue weighted by Crippen LogP contribution is -2.39. The third-order valence-corrected chi connectivity index (χ3v) is 3.68. The summed E-state index contributed by atoms with van der Waals surface area (Å²) >= 11 is 7.08. The summed E-state index contributed by atoms with van der Waals surface area (Å²) in [5.41, 5.74) is 0. The summed E-state index contributed by atoms with van der Waals surface area (Å²) in [7, 11) is 0. The van der Waals surface area contributed by atoms with Crippen LogP contribution < -0.4 is 5.32 Å². The zero-order valence-corrected chi connectivity index (χ0v) is 11.1. The van der Waals surface area contributed by atoms with Gasteiger partial charge in [0.15, 0.2) is 0 Å². The zero-order valence-electron chi connectivity index (χ0n) is 9.57. The standard InChI is InChI=1S/C11H14ClNO3S/c1-6(2)8(5-9(14)15)13-11(16)10-7(12)3-4-17-10/h3-4,6,8H,5H2,1-2H3,(H,13,16)(H,14,15). The molecule has 0 radical (unpaired) electrons. The van der Waals surface area contributed by atoms with Crippen LogP contribution in [0.3, 0.4) is 0 Å². The van der Waals surface area contributed by atoms with Crippen LogP contribution in [0.5, 0.6) is 0 Å². The minimum Gasteiger partial charge on any atom is -0.481 e. The van der Waals surface area contributed by atoms with E-state index in [0.29, 0.717) is 9.90 Å². The highest BCUT2D eigenvalue weighted by Crippen LogP contribution is 2.22. The number of carboxylic acids is 1. The summed E-state index contributed by atoms with van der Waals surface area (Å²) in [6.45, 7) is 3.73. The van der Waals surface area contributed by atoms with Crippen LogP contribution in [0, 0.1) is 5.92 Å². The van der Waals surface area contributed by atoms with Crippen molar-refractivity contribution in [1.29, 1.82) is 0 Å². The minimum absolute atomic E-state index is 0.0498. The first-order valence-electron chi connectivity index (χ1n) is 5.17. The van der Waals surface area contributed by atoms with Gasteiger partial charge in [-0.25, -0.2) is 0 Å². The molecule has 0 bridgehead atoms. The van der Waals surface area contributed by atoms with E-state index in [1.165, 1.54) is 11.3 Å². The molecule has 1 aromatic rings. The summed E-state index contributed by atoms with van der Waals surface area (Å²) in [5.74, 6) is -1.19. The lowest BCUT2D eigenvalue weighted by atomic mass is 10.0. The highest BCUT2D eigenvalue weighted by Gasteiger charge is 2.21. The molecular weight excluding hydrogens is 262 g/mol. The van der Waals surface area contributed by atoms with Crippen molar-refractivity contribution in [3.05, 3.63) is 21.3 Å². The molecule has 0 aliphatic rings. The van der Waals surface area contributed by atoms with Gasteiger partial charge in [-0.3, -0.25) is 9.59 Å². The Morgan fingerprint density at radius 3 is 2.59 bits per heavy atom. The van der Waals surface area contributed by atoms with Crippen LogP contribution in [0.15, 0.2) is 11.4 Å². The normalized spacial score (nSPS) is 12.5. The highest BCUT2D eigenvalue weighted by molar-refractivity contribution is 7.12. The second-order valence-corrected chi connectivity index (χ2v) is 5.34. The number of carboxylic acid groups (broad SMARTS) is 1. The Balaban J connectivity index is 2.71. The molecule has 1 atom stereocenters. The van der Waals surface area contributed by atoms with Gasteiger partial charge in [-0.2, -0.15) is 0 Å². The molecule has 2 N–H and O–H groups in total. The average molecular weight is 276 g/mol. The number of amides is 1. The largest absolute Gasteiger partial charge is 0.481 e. The Labute approximate surface area is 109 Å². The van der Waals surface area contributed by atoms with Crippen LogP contribution in [-0.2, 0) is 4.79 Å². The lowest BCUT2D eigenvalue weighted by Gasteiger charge is -2.20. The molecule has 1 heterocycles. The molecule has 1 unspecified atom stereocenters. The van der Waals surface area contributed by atoms with Gasteiger partial charge in [0.2, 0.25) is 0 Å². The van der Waals surface area contributed by atoms with E-state index in [0.717, 1.165) is 0 Å². The van der Waals surface area contributed by atoms with Gasteiger partial charge in [0.05, 0.1) is 11.4 Å². The van der Waals surface area contributed by atoms with Crippen LogP contribution in [0.4, 0.5) is 0 Å². The number of carbonyl (C=O) groups is 2. The van der Waals surface area contributed by atoms with Crippen molar-refractivity contribution in [2.75, 3.05) is 0 Å². The Morgan fingerprint density at radius 1 is 1.53 bits per heavy atom.